The summed E-state index contributed by atoms with van der Waals surface area (Å²) in [5, 5.41) is 6.39. The first kappa shape index (κ1) is 20.2. The molecule has 0 heterocycles. The largest absolute Gasteiger partial charge is 0.496 e. The van der Waals surface area contributed by atoms with Gasteiger partial charge in [-0.25, -0.2) is 4.39 Å². The second kappa shape index (κ2) is 10.1. The summed E-state index contributed by atoms with van der Waals surface area (Å²) in [4.78, 5) is 4.17. The van der Waals surface area contributed by atoms with E-state index in [0.29, 0.717) is 24.6 Å². The Morgan fingerprint density at radius 3 is 2.50 bits per heavy atom. The molecule has 0 atom stereocenters. The fraction of sp³-hybridized carbons (Fsp3) is 0.278. The number of nitrogens with zero attached hydrogens (tertiary/aromatic N) is 1. The normalized spacial score (nSPS) is 10.8. The Morgan fingerprint density at radius 2 is 1.83 bits per heavy atom. The van der Waals surface area contributed by atoms with Gasteiger partial charge in [0.05, 0.1) is 7.11 Å². The van der Waals surface area contributed by atoms with Crippen LogP contribution in [0.3, 0.4) is 0 Å². The zero-order valence-electron chi connectivity index (χ0n) is 14.1. The molecule has 6 heteroatoms. The SMILES string of the molecule is CN=C(NCc1ccc(C)c(F)c1)NCc1ccccc1OC.I. The number of nitrogens with one attached hydrogen (secondary N) is 2. The van der Waals surface area contributed by atoms with E-state index in [2.05, 4.69) is 15.6 Å². The molecule has 2 N–H and O–H groups in total. The summed E-state index contributed by atoms with van der Waals surface area (Å²) in [6.45, 7) is 2.84. The van der Waals surface area contributed by atoms with E-state index in [1.807, 2.05) is 30.3 Å². The van der Waals surface area contributed by atoms with Crippen LogP contribution in [0.1, 0.15) is 16.7 Å². The van der Waals surface area contributed by atoms with Crippen molar-refractivity contribution in [3.05, 3.63) is 65.0 Å². The minimum absolute atomic E-state index is 0. The number of methoxy groups -OCH3 is 1. The van der Waals surface area contributed by atoms with Crippen LogP contribution in [0.4, 0.5) is 4.39 Å². The number of ether oxygens (including phenoxy) is 1. The number of halogens is 2. The van der Waals surface area contributed by atoms with Gasteiger partial charge in [0.15, 0.2) is 5.96 Å². The minimum atomic E-state index is -0.193. The fourth-order valence-corrected chi connectivity index (χ4v) is 2.18. The minimum Gasteiger partial charge on any atom is -0.496 e. The molecule has 0 amide bonds. The van der Waals surface area contributed by atoms with Gasteiger partial charge < -0.3 is 15.4 Å². The highest BCUT2D eigenvalue weighted by Crippen LogP contribution is 2.16. The van der Waals surface area contributed by atoms with E-state index < -0.39 is 0 Å². The van der Waals surface area contributed by atoms with Gasteiger partial charge in [0.1, 0.15) is 11.6 Å². The molecule has 0 bridgehead atoms. The molecule has 0 radical (unpaired) electrons. The van der Waals surface area contributed by atoms with Crippen molar-refractivity contribution in [1.82, 2.24) is 10.6 Å². The van der Waals surface area contributed by atoms with Gasteiger partial charge in [-0.3, -0.25) is 4.99 Å². The molecule has 0 aliphatic heterocycles. The monoisotopic (exact) mass is 443 g/mol. The summed E-state index contributed by atoms with van der Waals surface area (Å²) in [6.07, 6.45) is 0. The van der Waals surface area contributed by atoms with Gasteiger partial charge in [0.25, 0.3) is 0 Å². The van der Waals surface area contributed by atoms with Crippen LogP contribution in [0.2, 0.25) is 0 Å². The number of rotatable bonds is 5. The average Bonchev–Trinajstić information content (AvgIpc) is 2.58. The Balaban J connectivity index is 0.00000288. The first-order chi connectivity index (χ1) is 11.1. The van der Waals surface area contributed by atoms with Gasteiger partial charge in [0.2, 0.25) is 0 Å². The second-order valence-corrected chi connectivity index (χ2v) is 5.17. The number of benzene rings is 2. The molecule has 2 aromatic carbocycles. The van der Waals surface area contributed by atoms with Crippen molar-refractivity contribution < 1.29 is 9.13 Å². The first-order valence-corrected chi connectivity index (χ1v) is 7.45. The molecule has 0 saturated heterocycles. The van der Waals surface area contributed by atoms with Crippen molar-refractivity contribution in [2.24, 2.45) is 4.99 Å². The number of hydrogen-bond acceptors (Lipinski definition) is 2. The van der Waals surface area contributed by atoms with Crippen molar-refractivity contribution in [3.8, 4) is 5.75 Å². The van der Waals surface area contributed by atoms with Crippen molar-refractivity contribution in [2.75, 3.05) is 14.2 Å². The average molecular weight is 443 g/mol. The molecule has 0 spiro atoms. The van der Waals surface area contributed by atoms with E-state index >= 15 is 0 Å². The molecular formula is C18H23FIN3O. The van der Waals surface area contributed by atoms with Crippen LogP contribution in [-0.2, 0) is 13.1 Å². The Hall–Kier alpha value is -1.83. The van der Waals surface area contributed by atoms with Crippen molar-refractivity contribution in [2.45, 2.75) is 20.0 Å². The third-order valence-electron chi connectivity index (χ3n) is 3.56. The molecular weight excluding hydrogens is 420 g/mol. The number of aryl methyl sites for hydroxylation is 1. The molecule has 24 heavy (non-hydrogen) atoms. The summed E-state index contributed by atoms with van der Waals surface area (Å²) < 4.78 is 18.9. The lowest BCUT2D eigenvalue weighted by atomic mass is 10.1. The summed E-state index contributed by atoms with van der Waals surface area (Å²) in [6, 6.07) is 13.0. The number of guanidine groups is 1. The Kier molecular flexibility index (Phi) is 8.53. The molecule has 0 fully saturated rings. The predicted octanol–water partition coefficient (Wildman–Crippen LogP) is 3.63. The molecule has 130 valence electrons. The standard InChI is InChI=1S/C18H22FN3O.HI/c1-13-8-9-14(10-16(13)19)11-21-18(20-2)22-12-15-6-4-5-7-17(15)23-3;/h4-10H,11-12H2,1-3H3,(H2,20,21,22);1H. The lowest BCUT2D eigenvalue weighted by Gasteiger charge is -2.14. The summed E-state index contributed by atoms with van der Waals surface area (Å²) in [5.74, 6) is 1.29. The quantitative estimate of drug-likeness (QED) is 0.422. The Bertz CT molecular complexity index is 692. The van der Waals surface area contributed by atoms with E-state index in [-0.39, 0.29) is 29.8 Å². The molecule has 4 nitrogen and oxygen atoms in total. The number of aliphatic imine (C=N–C) groups is 1. The third-order valence-corrected chi connectivity index (χ3v) is 3.56. The maximum atomic E-state index is 13.6. The molecule has 0 aromatic heterocycles. The lowest BCUT2D eigenvalue weighted by Crippen LogP contribution is -2.36. The maximum Gasteiger partial charge on any atom is 0.191 e. The summed E-state index contributed by atoms with van der Waals surface area (Å²) in [7, 11) is 3.35. The van der Waals surface area contributed by atoms with Crippen LogP contribution in [-0.4, -0.2) is 20.1 Å². The van der Waals surface area contributed by atoms with E-state index in [4.69, 9.17) is 4.74 Å². The van der Waals surface area contributed by atoms with Crippen LogP contribution < -0.4 is 15.4 Å². The van der Waals surface area contributed by atoms with Gasteiger partial charge in [-0.1, -0.05) is 30.3 Å². The number of para-hydroxylation sites is 1. The van der Waals surface area contributed by atoms with Gasteiger partial charge in [-0.05, 0) is 30.2 Å². The van der Waals surface area contributed by atoms with Gasteiger partial charge in [-0.15, -0.1) is 24.0 Å². The van der Waals surface area contributed by atoms with Gasteiger partial charge in [0, 0.05) is 25.7 Å². The highest BCUT2D eigenvalue weighted by Gasteiger charge is 2.04. The predicted molar refractivity (Wildman–Crippen MR) is 107 cm³/mol. The molecule has 0 saturated carbocycles. The highest BCUT2D eigenvalue weighted by atomic mass is 127. The van der Waals surface area contributed by atoms with Crippen LogP contribution in [0.15, 0.2) is 47.5 Å². The van der Waals surface area contributed by atoms with Gasteiger partial charge >= 0.3 is 0 Å². The van der Waals surface area contributed by atoms with Crippen LogP contribution in [0.5, 0.6) is 5.75 Å². The van der Waals surface area contributed by atoms with Crippen LogP contribution in [0, 0.1) is 12.7 Å². The van der Waals surface area contributed by atoms with Crippen LogP contribution >= 0.6 is 24.0 Å². The summed E-state index contributed by atoms with van der Waals surface area (Å²) in [5.41, 5.74) is 2.56. The first-order valence-electron chi connectivity index (χ1n) is 7.45. The summed E-state index contributed by atoms with van der Waals surface area (Å²) >= 11 is 0. The fourth-order valence-electron chi connectivity index (χ4n) is 2.18. The smallest absolute Gasteiger partial charge is 0.191 e. The zero-order chi connectivity index (χ0) is 16.7. The van der Waals surface area contributed by atoms with E-state index in [9.17, 15) is 4.39 Å². The second-order valence-electron chi connectivity index (χ2n) is 5.17. The number of hydrogen-bond donors (Lipinski definition) is 2. The third kappa shape index (κ3) is 5.67. The molecule has 0 unspecified atom stereocenters. The topological polar surface area (TPSA) is 45.7 Å². The molecule has 0 aliphatic carbocycles. The van der Waals surface area contributed by atoms with E-state index in [0.717, 1.165) is 16.9 Å². The highest BCUT2D eigenvalue weighted by molar-refractivity contribution is 14.0. The molecule has 0 aliphatic rings. The Labute approximate surface area is 159 Å². The lowest BCUT2D eigenvalue weighted by molar-refractivity contribution is 0.409. The van der Waals surface area contributed by atoms with Crippen molar-refractivity contribution in [1.29, 1.82) is 0 Å². The zero-order valence-corrected chi connectivity index (χ0v) is 16.4. The van der Waals surface area contributed by atoms with Crippen LogP contribution in [0.25, 0.3) is 0 Å². The van der Waals surface area contributed by atoms with Gasteiger partial charge in [-0.2, -0.15) is 0 Å². The van der Waals surface area contributed by atoms with Crippen molar-refractivity contribution >= 4 is 29.9 Å². The Morgan fingerprint density at radius 1 is 1.12 bits per heavy atom. The molecule has 2 aromatic rings. The van der Waals surface area contributed by atoms with E-state index in [1.165, 1.54) is 6.07 Å². The molecule has 2 rings (SSSR count). The van der Waals surface area contributed by atoms with Crippen molar-refractivity contribution in [3.63, 3.8) is 0 Å². The maximum absolute atomic E-state index is 13.6. The van der Waals surface area contributed by atoms with E-state index in [1.54, 1.807) is 27.1 Å².